The summed E-state index contributed by atoms with van der Waals surface area (Å²) in [7, 11) is 0. The third kappa shape index (κ3) is 6.44. The molecular weight excluding hydrogens is 326 g/mol. The van der Waals surface area contributed by atoms with Crippen LogP contribution in [0.25, 0.3) is 0 Å². The maximum Gasteiger partial charge on any atom is 0.251 e. The second-order valence-corrected chi connectivity index (χ2v) is 5.91. The van der Waals surface area contributed by atoms with Gasteiger partial charge in [-0.2, -0.15) is 0 Å². The standard InChI is InChI=1S/C15H21BrClNO/c1-2-3-4-5-6-7-10-18-15(19)12-8-9-14(17)13(16)11-12/h8-9,11H,2-7,10H2,1H3,(H,18,19). The summed E-state index contributed by atoms with van der Waals surface area (Å²) in [5.41, 5.74) is 0.641. The lowest BCUT2D eigenvalue weighted by Gasteiger charge is -2.06. The Kier molecular flexibility index (Phi) is 8.15. The number of amides is 1. The van der Waals surface area contributed by atoms with Gasteiger partial charge in [0.1, 0.15) is 0 Å². The first-order valence-electron chi connectivity index (χ1n) is 6.88. The highest BCUT2D eigenvalue weighted by Crippen LogP contribution is 2.23. The van der Waals surface area contributed by atoms with Gasteiger partial charge in [0, 0.05) is 16.6 Å². The smallest absolute Gasteiger partial charge is 0.251 e. The van der Waals surface area contributed by atoms with Crippen LogP contribution in [-0.2, 0) is 0 Å². The molecule has 1 aromatic carbocycles. The molecule has 19 heavy (non-hydrogen) atoms. The van der Waals surface area contributed by atoms with Gasteiger partial charge in [-0.3, -0.25) is 4.79 Å². The molecule has 0 radical (unpaired) electrons. The minimum atomic E-state index is -0.0362. The van der Waals surface area contributed by atoms with Crippen molar-refractivity contribution in [3.05, 3.63) is 33.3 Å². The maximum atomic E-state index is 11.9. The van der Waals surface area contributed by atoms with Crippen LogP contribution in [0.15, 0.2) is 22.7 Å². The average molecular weight is 347 g/mol. The molecule has 4 heteroatoms. The molecule has 1 N–H and O–H groups in total. The average Bonchev–Trinajstić information content (AvgIpc) is 2.40. The van der Waals surface area contributed by atoms with E-state index in [1.165, 1.54) is 32.1 Å². The number of halogens is 2. The fourth-order valence-corrected chi connectivity index (χ4v) is 2.34. The second kappa shape index (κ2) is 9.38. The van der Waals surface area contributed by atoms with Crippen molar-refractivity contribution in [1.82, 2.24) is 5.32 Å². The zero-order valence-corrected chi connectivity index (χ0v) is 13.7. The van der Waals surface area contributed by atoms with Crippen LogP contribution in [0.4, 0.5) is 0 Å². The summed E-state index contributed by atoms with van der Waals surface area (Å²) in [6.07, 6.45) is 7.37. The summed E-state index contributed by atoms with van der Waals surface area (Å²) in [5.74, 6) is -0.0362. The number of hydrogen-bond donors (Lipinski definition) is 1. The van der Waals surface area contributed by atoms with E-state index < -0.39 is 0 Å². The molecule has 0 unspecified atom stereocenters. The van der Waals surface area contributed by atoms with E-state index in [4.69, 9.17) is 11.6 Å². The first kappa shape index (κ1) is 16.5. The van der Waals surface area contributed by atoms with Crippen LogP contribution in [0.3, 0.4) is 0 Å². The molecule has 0 bridgehead atoms. The fourth-order valence-electron chi connectivity index (χ4n) is 1.85. The number of rotatable bonds is 8. The molecule has 106 valence electrons. The van der Waals surface area contributed by atoms with Gasteiger partial charge in [0.25, 0.3) is 5.91 Å². The Hall–Kier alpha value is -0.540. The Bertz CT molecular complexity index is 409. The van der Waals surface area contributed by atoms with E-state index in [-0.39, 0.29) is 5.91 Å². The molecule has 0 fully saturated rings. The SMILES string of the molecule is CCCCCCCCNC(=O)c1ccc(Cl)c(Br)c1. The molecule has 1 aromatic rings. The molecule has 0 aliphatic heterocycles. The van der Waals surface area contributed by atoms with Crippen LogP contribution in [0.1, 0.15) is 55.8 Å². The second-order valence-electron chi connectivity index (χ2n) is 4.65. The first-order valence-corrected chi connectivity index (χ1v) is 8.05. The van der Waals surface area contributed by atoms with Crippen LogP contribution >= 0.6 is 27.5 Å². The highest BCUT2D eigenvalue weighted by Gasteiger charge is 2.06. The number of benzene rings is 1. The van der Waals surface area contributed by atoms with Gasteiger partial charge in [-0.15, -0.1) is 0 Å². The minimum absolute atomic E-state index is 0.0362. The summed E-state index contributed by atoms with van der Waals surface area (Å²) in [5, 5.41) is 3.55. The van der Waals surface area contributed by atoms with Crippen LogP contribution in [0.5, 0.6) is 0 Å². The van der Waals surface area contributed by atoms with Crippen LogP contribution < -0.4 is 5.32 Å². The molecular formula is C15H21BrClNO. The monoisotopic (exact) mass is 345 g/mol. The third-order valence-corrected chi connectivity index (χ3v) is 4.21. The highest BCUT2D eigenvalue weighted by atomic mass is 79.9. The third-order valence-electron chi connectivity index (χ3n) is 3.00. The fraction of sp³-hybridized carbons (Fsp3) is 0.533. The lowest BCUT2D eigenvalue weighted by Crippen LogP contribution is -2.24. The lowest BCUT2D eigenvalue weighted by molar-refractivity contribution is 0.0953. The summed E-state index contributed by atoms with van der Waals surface area (Å²) in [6, 6.07) is 5.22. The van der Waals surface area contributed by atoms with Crippen molar-refractivity contribution >= 4 is 33.4 Å². The van der Waals surface area contributed by atoms with E-state index in [9.17, 15) is 4.79 Å². The molecule has 0 saturated heterocycles. The van der Waals surface area contributed by atoms with Crippen molar-refractivity contribution in [3.63, 3.8) is 0 Å². The lowest BCUT2D eigenvalue weighted by atomic mass is 10.1. The molecule has 2 nitrogen and oxygen atoms in total. The summed E-state index contributed by atoms with van der Waals surface area (Å²) in [4.78, 5) is 11.9. The zero-order valence-electron chi connectivity index (χ0n) is 11.3. The minimum Gasteiger partial charge on any atom is -0.352 e. The highest BCUT2D eigenvalue weighted by molar-refractivity contribution is 9.10. The van der Waals surface area contributed by atoms with Crippen molar-refractivity contribution in [3.8, 4) is 0 Å². The topological polar surface area (TPSA) is 29.1 Å². The molecule has 0 saturated carbocycles. The molecule has 0 atom stereocenters. The normalized spacial score (nSPS) is 10.5. The van der Waals surface area contributed by atoms with Crippen LogP contribution in [0.2, 0.25) is 5.02 Å². The number of unbranched alkanes of at least 4 members (excludes halogenated alkanes) is 5. The Balaban J connectivity index is 2.22. The quantitative estimate of drug-likeness (QED) is 0.645. The van der Waals surface area contributed by atoms with Gasteiger partial charge in [-0.25, -0.2) is 0 Å². The molecule has 1 amide bonds. The number of carbonyl (C=O) groups is 1. The van der Waals surface area contributed by atoms with E-state index in [1.54, 1.807) is 18.2 Å². The van der Waals surface area contributed by atoms with E-state index in [2.05, 4.69) is 28.2 Å². The predicted octanol–water partition coefficient (Wildman–Crippen LogP) is 5.19. The van der Waals surface area contributed by atoms with Gasteiger partial charge in [0.15, 0.2) is 0 Å². The molecule has 0 spiro atoms. The zero-order chi connectivity index (χ0) is 14.1. The molecule has 0 aliphatic carbocycles. The first-order chi connectivity index (χ1) is 9.15. The molecule has 0 heterocycles. The Morgan fingerprint density at radius 3 is 2.58 bits per heavy atom. The van der Waals surface area contributed by atoms with Gasteiger partial charge in [-0.1, -0.05) is 50.6 Å². The van der Waals surface area contributed by atoms with Crippen LogP contribution in [-0.4, -0.2) is 12.5 Å². The Morgan fingerprint density at radius 2 is 1.89 bits per heavy atom. The molecule has 0 aliphatic rings. The van der Waals surface area contributed by atoms with Crippen molar-refractivity contribution in [2.24, 2.45) is 0 Å². The van der Waals surface area contributed by atoms with E-state index in [0.717, 1.165) is 17.4 Å². The van der Waals surface area contributed by atoms with E-state index in [1.807, 2.05) is 0 Å². The Morgan fingerprint density at radius 1 is 1.21 bits per heavy atom. The van der Waals surface area contributed by atoms with Gasteiger partial charge in [0.2, 0.25) is 0 Å². The molecule has 0 aromatic heterocycles. The van der Waals surface area contributed by atoms with Crippen molar-refractivity contribution in [1.29, 1.82) is 0 Å². The van der Waals surface area contributed by atoms with E-state index >= 15 is 0 Å². The van der Waals surface area contributed by atoms with Crippen molar-refractivity contribution < 1.29 is 4.79 Å². The van der Waals surface area contributed by atoms with Gasteiger partial charge >= 0.3 is 0 Å². The van der Waals surface area contributed by atoms with Crippen LogP contribution in [0, 0.1) is 0 Å². The number of nitrogens with one attached hydrogen (secondary N) is 1. The predicted molar refractivity (Wildman–Crippen MR) is 84.9 cm³/mol. The maximum absolute atomic E-state index is 11.9. The summed E-state index contributed by atoms with van der Waals surface area (Å²) >= 11 is 9.21. The number of hydrogen-bond acceptors (Lipinski definition) is 1. The molecule has 1 rings (SSSR count). The number of carbonyl (C=O) groups excluding carboxylic acids is 1. The van der Waals surface area contributed by atoms with Crippen molar-refractivity contribution in [2.75, 3.05) is 6.54 Å². The van der Waals surface area contributed by atoms with E-state index in [0.29, 0.717) is 10.6 Å². The summed E-state index contributed by atoms with van der Waals surface area (Å²) in [6.45, 7) is 2.95. The van der Waals surface area contributed by atoms with Gasteiger partial charge in [0.05, 0.1) is 5.02 Å². The van der Waals surface area contributed by atoms with Gasteiger partial charge in [-0.05, 0) is 40.5 Å². The Labute approximate surface area is 129 Å². The summed E-state index contributed by atoms with van der Waals surface area (Å²) < 4.78 is 0.751. The van der Waals surface area contributed by atoms with Gasteiger partial charge < -0.3 is 5.32 Å². The van der Waals surface area contributed by atoms with Crippen molar-refractivity contribution in [2.45, 2.75) is 45.4 Å². The largest absolute Gasteiger partial charge is 0.352 e.